The highest BCUT2D eigenvalue weighted by molar-refractivity contribution is 7.89. The lowest BCUT2D eigenvalue weighted by atomic mass is 10.0. The van der Waals surface area contributed by atoms with Crippen molar-refractivity contribution in [1.82, 2.24) is 14.9 Å². The number of carbonyl (C=O) groups excluding carboxylic acids is 2. The summed E-state index contributed by atoms with van der Waals surface area (Å²) < 4.78 is 27.5. The zero-order valence-electron chi connectivity index (χ0n) is 21.4. The molecule has 2 heterocycles. The zero-order valence-corrected chi connectivity index (χ0v) is 22.2. The first kappa shape index (κ1) is 27.7. The predicted octanol–water partition coefficient (Wildman–Crippen LogP) is 2.04. The molecule has 0 spiro atoms. The maximum Gasteiger partial charge on any atom is 0.326 e. The van der Waals surface area contributed by atoms with Crippen molar-refractivity contribution in [2.45, 2.75) is 68.5 Å². The Hall–Kier alpha value is -3.28. The van der Waals surface area contributed by atoms with E-state index in [0.717, 1.165) is 35.7 Å². The minimum absolute atomic E-state index is 0.0108. The second kappa shape index (κ2) is 12.1. The zero-order chi connectivity index (χ0) is 27.3. The Morgan fingerprint density at radius 2 is 1.71 bits per heavy atom. The van der Waals surface area contributed by atoms with Crippen LogP contribution in [0.4, 0.5) is 5.69 Å². The Labute approximate surface area is 222 Å². The summed E-state index contributed by atoms with van der Waals surface area (Å²) in [6.45, 7) is 2.86. The lowest BCUT2D eigenvalue weighted by molar-refractivity contribution is -0.142. The number of benzene rings is 2. The van der Waals surface area contributed by atoms with E-state index in [4.69, 9.17) is 0 Å². The first-order valence-electron chi connectivity index (χ1n) is 12.9. The van der Waals surface area contributed by atoms with E-state index >= 15 is 0 Å². The van der Waals surface area contributed by atoms with Crippen LogP contribution in [0, 0.1) is 6.92 Å². The van der Waals surface area contributed by atoms with Gasteiger partial charge < -0.3 is 21.1 Å². The molecule has 2 aromatic carbocycles. The average molecular weight is 543 g/mol. The Morgan fingerprint density at radius 3 is 2.34 bits per heavy atom. The van der Waals surface area contributed by atoms with E-state index in [-0.39, 0.29) is 29.8 Å². The highest BCUT2D eigenvalue weighted by Crippen LogP contribution is 2.26. The average Bonchev–Trinajstić information content (AvgIpc) is 3.41. The third kappa shape index (κ3) is 6.58. The Bertz CT molecular complexity index is 1260. The van der Waals surface area contributed by atoms with Crippen molar-refractivity contribution >= 4 is 33.5 Å². The van der Waals surface area contributed by atoms with Crippen LogP contribution < -0.4 is 16.0 Å². The molecule has 10 nitrogen and oxygen atoms in total. The van der Waals surface area contributed by atoms with E-state index in [2.05, 4.69) is 16.0 Å². The molecule has 3 atom stereocenters. The number of amides is 2. The van der Waals surface area contributed by atoms with Gasteiger partial charge in [-0.25, -0.2) is 13.2 Å². The summed E-state index contributed by atoms with van der Waals surface area (Å²) in [6, 6.07) is 10.8. The molecular weight excluding hydrogens is 508 g/mol. The third-order valence-electron chi connectivity index (χ3n) is 7.04. The highest BCUT2D eigenvalue weighted by atomic mass is 32.2. The number of carboxylic acid groups (broad SMARTS) is 1. The van der Waals surface area contributed by atoms with Crippen molar-refractivity contribution in [2.75, 3.05) is 18.4 Å². The lowest BCUT2D eigenvalue weighted by Gasteiger charge is -2.25. The number of hydrogen-bond acceptors (Lipinski definition) is 6. The third-order valence-corrected chi connectivity index (χ3v) is 8.96. The summed E-state index contributed by atoms with van der Waals surface area (Å²) in [5.41, 5.74) is 2.17. The molecule has 0 saturated carbocycles. The lowest BCUT2D eigenvalue weighted by Crippen LogP contribution is -2.51. The largest absolute Gasteiger partial charge is 0.480 e. The molecule has 4 N–H and O–H groups in total. The summed E-state index contributed by atoms with van der Waals surface area (Å²) in [5, 5.41) is 18.4. The normalized spacial score (nSPS) is 21.0. The fraction of sp³-hybridized carbons (Fsp3) is 0.444. The van der Waals surface area contributed by atoms with Crippen LogP contribution in [0.2, 0.25) is 0 Å². The number of aryl methyl sites for hydroxylation is 1. The van der Waals surface area contributed by atoms with Crippen LogP contribution in [-0.4, -0.2) is 66.8 Å². The number of carboxylic acids is 1. The van der Waals surface area contributed by atoms with Crippen LogP contribution in [0.25, 0.3) is 0 Å². The van der Waals surface area contributed by atoms with Crippen LogP contribution in [0.5, 0.6) is 0 Å². The molecule has 4 rings (SSSR count). The molecule has 0 aliphatic carbocycles. The molecule has 2 saturated heterocycles. The maximum absolute atomic E-state index is 13.2. The fourth-order valence-corrected chi connectivity index (χ4v) is 6.52. The van der Waals surface area contributed by atoms with Crippen LogP contribution in [0.1, 0.15) is 43.2 Å². The number of carbonyl (C=O) groups is 3. The van der Waals surface area contributed by atoms with Crippen LogP contribution in [0.15, 0.2) is 53.4 Å². The van der Waals surface area contributed by atoms with Gasteiger partial charge in [0.25, 0.3) is 0 Å². The van der Waals surface area contributed by atoms with Crippen molar-refractivity contribution in [3.05, 3.63) is 59.7 Å². The van der Waals surface area contributed by atoms with Gasteiger partial charge in [0.15, 0.2) is 0 Å². The van der Waals surface area contributed by atoms with E-state index in [1.54, 1.807) is 36.4 Å². The summed E-state index contributed by atoms with van der Waals surface area (Å²) in [5.74, 6) is -1.95. The minimum atomic E-state index is -3.90. The van der Waals surface area contributed by atoms with E-state index in [9.17, 15) is 27.9 Å². The topological polar surface area (TPSA) is 145 Å². The van der Waals surface area contributed by atoms with Gasteiger partial charge in [-0.3, -0.25) is 9.59 Å². The van der Waals surface area contributed by atoms with Gasteiger partial charge in [0.2, 0.25) is 21.8 Å². The number of anilines is 1. The summed E-state index contributed by atoms with van der Waals surface area (Å²) in [7, 11) is -3.90. The molecule has 38 heavy (non-hydrogen) atoms. The van der Waals surface area contributed by atoms with E-state index in [1.165, 1.54) is 12.1 Å². The Kier molecular flexibility index (Phi) is 8.80. The van der Waals surface area contributed by atoms with Crippen LogP contribution in [-0.2, 0) is 30.8 Å². The van der Waals surface area contributed by atoms with Gasteiger partial charge in [0.05, 0.1) is 10.9 Å². The number of hydrogen-bond donors (Lipinski definition) is 4. The number of nitrogens with one attached hydrogen (secondary N) is 3. The predicted molar refractivity (Wildman–Crippen MR) is 142 cm³/mol. The number of piperidine rings is 1. The molecule has 11 heteroatoms. The Balaban J connectivity index is 1.39. The van der Waals surface area contributed by atoms with Gasteiger partial charge in [0.1, 0.15) is 12.1 Å². The van der Waals surface area contributed by atoms with Crippen molar-refractivity contribution in [1.29, 1.82) is 0 Å². The summed E-state index contributed by atoms with van der Waals surface area (Å²) in [4.78, 5) is 37.6. The molecule has 2 aromatic rings. The van der Waals surface area contributed by atoms with Crippen molar-refractivity contribution < 1.29 is 27.9 Å². The van der Waals surface area contributed by atoms with Crippen molar-refractivity contribution in [2.24, 2.45) is 0 Å². The van der Waals surface area contributed by atoms with Crippen molar-refractivity contribution in [3.63, 3.8) is 0 Å². The van der Waals surface area contributed by atoms with Gasteiger partial charge in [-0.15, -0.1) is 0 Å². The van der Waals surface area contributed by atoms with Gasteiger partial charge >= 0.3 is 5.97 Å². The quantitative estimate of drug-likeness (QED) is 0.379. The first-order valence-corrected chi connectivity index (χ1v) is 14.3. The maximum atomic E-state index is 13.2. The first-order chi connectivity index (χ1) is 18.1. The smallest absolute Gasteiger partial charge is 0.326 e. The molecule has 0 bridgehead atoms. The molecule has 2 fully saturated rings. The second-order valence-corrected chi connectivity index (χ2v) is 11.8. The van der Waals surface area contributed by atoms with Crippen LogP contribution >= 0.6 is 0 Å². The van der Waals surface area contributed by atoms with E-state index < -0.39 is 34.0 Å². The fourth-order valence-electron chi connectivity index (χ4n) is 4.87. The number of nitrogens with zero attached hydrogens (tertiary/aromatic N) is 1. The summed E-state index contributed by atoms with van der Waals surface area (Å²) in [6.07, 6.45) is 3.67. The van der Waals surface area contributed by atoms with Crippen LogP contribution in [0.3, 0.4) is 0 Å². The molecule has 2 amide bonds. The SMILES string of the molecule is Cc1ccc(S(=O)(=O)N2CCC[C@H]2C(=O)N[C@@H](Cc2ccc(NC(=O)C3CCCCN3)cc2)C(=O)O)cc1. The molecule has 204 valence electrons. The highest BCUT2D eigenvalue weighted by Gasteiger charge is 2.40. The molecule has 2 aliphatic heterocycles. The van der Waals surface area contributed by atoms with Gasteiger partial charge in [-0.2, -0.15) is 4.31 Å². The molecule has 2 aliphatic rings. The minimum Gasteiger partial charge on any atom is -0.480 e. The number of aliphatic carboxylic acids is 1. The second-order valence-electron chi connectivity index (χ2n) is 9.88. The van der Waals surface area contributed by atoms with Gasteiger partial charge in [0, 0.05) is 18.7 Å². The molecular formula is C27H34N4O6S. The van der Waals surface area contributed by atoms with Gasteiger partial charge in [-0.05, 0) is 69.0 Å². The standard InChI is InChI=1S/C27H34N4O6S/c1-18-7-13-21(14-8-18)38(36,37)31-16-4-6-24(31)26(33)30-23(27(34)35)17-19-9-11-20(12-10-19)29-25(32)22-5-2-3-15-28-22/h7-14,22-24,28H,2-6,15-17H2,1H3,(H,29,32)(H,30,33)(H,34,35)/t22?,23-,24-/m0/s1. The van der Waals surface area contributed by atoms with Gasteiger partial charge in [-0.1, -0.05) is 36.2 Å². The summed E-state index contributed by atoms with van der Waals surface area (Å²) >= 11 is 0. The van der Waals surface area contributed by atoms with E-state index in [0.29, 0.717) is 24.1 Å². The number of sulfonamides is 1. The number of rotatable bonds is 9. The Morgan fingerprint density at radius 1 is 1.00 bits per heavy atom. The monoisotopic (exact) mass is 542 g/mol. The van der Waals surface area contributed by atoms with Crippen molar-refractivity contribution in [3.8, 4) is 0 Å². The van der Waals surface area contributed by atoms with E-state index in [1.807, 2.05) is 6.92 Å². The molecule has 1 unspecified atom stereocenters. The molecule has 0 radical (unpaired) electrons. The molecule has 0 aromatic heterocycles.